The van der Waals surface area contributed by atoms with Gasteiger partial charge in [0.05, 0.1) is 11.1 Å². The van der Waals surface area contributed by atoms with Crippen molar-refractivity contribution in [3.63, 3.8) is 0 Å². The highest BCUT2D eigenvalue weighted by Gasteiger charge is 2.17. The first-order valence-corrected chi connectivity index (χ1v) is 10.2. The van der Waals surface area contributed by atoms with Crippen molar-refractivity contribution in [2.45, 2.75) is 20.8 Å². The van der Waals surface area contributed by atoms with Crippen molar-refractivity contribution >= 4 is 62.0 Å². The molecule has 1 N–H and O–H groups in total. The standard InChI is InChI=1S/C20H22ClN5OS/c1-5-26(6-2)15-8-10-17(18(12-15)22-13(3)27)23-24-20-16-9-7-14(21)11-19(16)25(4)28-20/h7-12H,5-6H2,1-4H3/p+1. The number of aryl methyl sites for hydroxylation is 1. The van der Waals surface area contributed by atoms with Gasteiger partial charge in [-0.1, -0.05) is 11.6 Å². The van der Waals surface area contributed by atoms with Crippen molar-refractivity contribution in [1.29, 1.82) is 0 Å². The van der Waals surface area contributed by atoms with E-state index >= 15 is 0 Å². The van der Waals surface area contributed by atoms with Crippen LogP contribution in [0.3, 0.4) is 0 Å². The van der Waals surface area contributed by atoms with Gasteiger partial charge in [-0.3, -0.25) is 4.79 Å². The summed E-state index contributed by atoms with van der Waals surface area (Å²) in [6.45, 7) is 7.46. The lowest BCUT2D eigenvalue weighted by Crippen LogP contribution is -2.21. The first kappa shape index (κ1) is 20.2. The van der Waals surface area contributed by atoms with Gasteiger partial charge in [0.1, 0.15) is 5.69 Å². The summed E-state index contributed by atoms with van der Waals surface area (Å²) in [4.78, 5) is 13.9. The molecule has 0 fully saturated rings. The maximum Gasteiger partial charge on any atom is 0.230 e. The van der Waals surface area contributed by atoms with Gasteiger partial charge in [0.2, 0.25) is 16.4 Å². The summed E-state index contributed by atoms with van der Waals surface area (Å²) in [6.07, 6.45) is 0. The second-order valence-electron chi connectivity index (χ2n) is 6.31. The van der Waals surface area contributed by atoms with Crippen LogP contribution in [0.2, 0.25) is 5.02 Å². The fourth-order valence-corrected chi connectivity index (χ4v) is 4.06. The van der Waals surface area contributed by atoms with E-state index in [4.69, 9.17) is 11.6 Å². The minimum atomic E-state index is -0.143. The van der Waals surface area contributed by atoms with Gasteiger partial charge in [0, 0.05) is 36.8 Å². The number of hydrogen-bond acceptors (Lipinski definition) is 5. The number of fused-ring (bicyclic) bond motifs is 1. The number of amides is 1. The van der Waals surface area contributed by atoms with Crippen molar-refractivity contribution < 1.29 is 8.75 Å². The third kappa shape index (κ3) is 4.31. The van der Waals surface area contributed by atoms with Gasteiger partial charge in [-0.05, 0) is 44.2 Å². The number of halogens is 1. The third-order valence-electron chi connectivity index (χ3n) is 4.42. The number of aromatic nitrogens is 1. The second-order valence-corrected chi connectivity index (χ2v) is 7.86. The Bertz CT molecular complexity index is 1040. The molecule has 28 heavy (non-hydrogen) atoms. The Morgan fingerprint density at radius 2 is 1.93 bits per heavy atom. The average molecular weight is 417 g/mol. The van der Waals surface area contributed by atoms with Crippen LogP contribution in [0.25, 0.3) is 10.9 Å². The molecule has 0 atom stereocenters. The number of carbonyl (C=O) groups excluding carboxylic acids is 1. The fourth-order valence-electron chi connectivity index (χ4n) is 3.03. The molecule has 0 aliphatic heterocycles. The quantitative estimate of drug-likeness (QED) is 0.420. The monoisotopic (exact) mass is 416 g/mol. The molecule has 0 unspecified atom stereocenters. The van der Waals surface area contributed by atoms with Gasteiger partial charge in [-0.15, -0.1) is 14.2 Å². The highest BCUT2D eigenvalue weighted by molar-refractivity contribution is 7.07. The minimum absolute atomic E-state index is 0.143. The lowest BCUT2D eigenvalue weighted by atomic mass is 10.2. The van der Waals surface area contributed by atoms with Crippen molar-refractivity contribution in [2.24, 2.45) is 17.3 Å². The highest BCUT2D eigenvalue weighted by atomic mass is 35.5. The van der Waals surface area contributed by atoms with E-state index in [9.17, 15) is 4.79 Å². The predicted octanol–water partition coefficient (Wildman–Crippen LogP) is 5.60. The second kappa shape index (κ2) is 8.67. The van der Waals surface area contributed by atoms with Gasteiger partial charge in [0.25, 0.3) is 0 Å². The molecule has 0 radical (unpaired) electrons. The first-order chi connectivity index (χ1) is 13.4. The van der Waals surface area contributed by atoms with E-state index in [1.807, 2.05) is 47.4 Å². The molecule has 3 rings (SSSR count). The van der Waals surface area contributed by atoms with Gasteiger partial charge in [0.15, 0.2) is 18.6 Å². The van der Waals surface area contributed by atoms with Gasteiger partial charge < -0.3 is 10.2 Å². The number of nitrogens with one attached hydrogen (secondary N) is 1. The zero-order valence-electron chi connectivity index (χ0n) is 16.4. The molecule has 8 heteroatoms. The van der Waals surface area contributed by atoms with Crippen LogP contribution in [0.15, 0.2) is 46.6 Å². The first-order valence-electron chi connectivity index (χ1n) is 9.09. The number of azo groups is 1. The maximum atomic E-state index is 11.7. The van der Waals surface area contributed by atoms with Crippen molar-refractivity contribution in [3.05, 3.63) is 41.4 Å². The van der Waals surface area contributed by atoms with Gasteiger partial charge >= 0.3 is 0 Å². The number of anilines is 2. The average Bonchev–Trinajstić information content (AvgIpc) is 2.97. The number of hydrogen-bond donors (Lipinski definition) is 1. The molecule has 6 nitrogen and oxygen atoms in total. The number of carbonyl (C=O) groups is 1. The van der Waals surface area contributed by atoms with Crippen LogP contribution < -0.4 is 14.2 Å². The molecule has 0 spiro atoms. The highest BCUT2D eigenvalue weighted by Crippen LogP contribution is 2.35. The van der Waals surface area contributed by atoms with E-state index in [-0.39, 0.29) is 5.91 Å². The summed E-state index contributed by atoms with van der Waals surface area (Å²) in [5.74, 6) is -0.143. The Labute approximate surface area is 173 Å². The van der Waals surface area contributed by atoms with Crippen LogP contribution >= 0.6 is 23.1 Å². The van der Waals surface area contributed by atoms with Crippen molar-refractivity contribution in [2.75, 3.05) is 23.3 Å². The molecule has 1 aromatic heterocycles. The molecule has 0 aliphatic carbocycles. The zero-order chi connectivity index (χ0) is 20.3. The smallest absolute Gasteiger partial charge is 0.230 e. The van der Waals surface area contributed by atoms with Crippen LogP contribution in [0.5, 0.6) is 0 Å². The van der Waals surface area contributed by atoms with E-state index in [2.05, 4.69) is 34.3 Å². The molecule has 0 aliphatic rings. The van der Waals surface area contributed by atoms with E-state index in [1.54, 1.807) is 0 Å². The molecule has 3 aromatic rings. The van der Waals surface area contributed by atoms with Gasteiger partial charge in [-0.25, -0.2) is 0 Å². The Morgan fingerprint density at radius 3 is 2.61 bits per heavy atom. The van der Waals surface area contributed by atoms with E-state index in [1.165, 1.54) is 18.5 Å². The third-order valence-corrected chi connectivity index (χ3v) is 5.60. The minimum Gasteiger partial charge on any atom is -0.372 e. The van der Waals surface area contributed by atoms with E-state index < -0.39 is 0 Å². The van der Waals surface area contributed by atoms with Crippen LogP contribution in [0.4, 0.5) is 22.1 Å². The van der Waals surface area contributed by atoms with Crippen LogP contribution in [-0.2, 0) is 11.8 Å². The number of benzene rings is 2. The Kier molecular flexibility index (Phi) is 6.26. The molecule has 146 valence electrons. The fraction of sp³-hybridized carbons (Fsp3) is 0.300. The summed E-state index contributed by atoms with van der Waals surface area (Å²) >= 11 is 7.59. The Morgan fingerprint density at radius 1 is 1.18 bits per heavy atom. The predicted molar refractivity (Wildman–Crippen MR) is 116 cm³/mol. The summed E-state index contributed by atoms with van der Waals surface area (Å²) < 4.78 is 2.01. The number of nitrogens with zero attached hydrogens (tertiary/aromatic N) is 4. The van der Waals surface area contributed by atoms with Crippen LogP contribution in [-0.4, -0.2) is 19.0 Å². The number of rotatable bonds is 6. The summed E-state index contributed by atoms with van der Waals surface area (Å²) in [6, 6.07) is 11.5. The maximum absolute atomic E-state index is 11.7. The summed E-state index contributed by atoms with van der Waals surface area (Å²) in [5, 5.41) is 14.2. The topological polar surface area (TPSA) is 60.9 Å². The van der Waals surface area contributed by atoms with Crippen molar-refractivity contribution in [3.8, 4) is 0 Å². The van der Waals surface area contributed by atoms with E-state index in [0.29, 0.717) is 16.4 Å². The molecule has 0 saturated heterocycles. The molecule has 0 saturated carbocycles. The zero-order valence-corrected chi connectivity index (χ0v) is 17.9. The molecular weight excluding hydrogens is 394 g/mol. The largest absolute Gasteiger partial charge is 0.372 e. The molecule has 2 aromatic carbocycles. The Balaban J connectivity index is 2.00. The normalized spacial score (nSPS) is 11.3. The molecular formula is C20H23ClN5OS+. The summed E-state index contributed by atoms with van der Waals surface area (Å²) in [7, 11) is 1.96. The van der Waals surface area contributed by atoms with Gasteiger partial charge in [-0.2, -0.15) is 0 Å². The van der Waals surface area contributed by atoms with Crippen LogP contribution in [0, 0.1) is 0 Å². The Hall–Kier alpha value is -2.51. The molecule has 1 amide bonds. The van der Waals surface area contributed by atoms with Crippen molar-refractivity contribution in [1.82, 2.24) is 0 Å². The molecule has 0 bridgehead atoms. The van der Waals surface area contributed by atoms with E-state index in [0.717, 1.165) is 34.7 Å². The lowest BCUT2D eigenvalue weighted by Gasteiger charge is -2.22. The lowest BCUT2D eigenvalue weighted by molar-refractivity contribution is -0.573. The molecule has 1 heterocycles. The SMILES string of the molecule is CCN(CC)c1ccc(N=Nc2s[n+](C)c3cc(Cl)ccc23)c(NC(C)=O)c1. The van der Waals surface area contributed by atoms with Crippen LogP contribution in [0.1, 0.15) is 20.8 Å². The summed E-state index contributed by atoms with van der Waals surface area (Å²) in [5.41, 5.74) is 3.30.